The summed E-state index contributed by atoms with van der Waals surface area (Å²) in [5.74, 6) is 0.757. The average Bonchev–Trinajstić information content (AvgIpc) is 2.89. The normalized spacial score (nSPS) is 18.0. The van der Waals surface area contributed by atoms with Gasteiger partial charge in [-0.2, -0.15) is 4.98 Å². The van der Waals surface area contributed by atoms with Crippen LogP contribution < -0.4 is 4.90 Å². The largest absolute Gasteiger partial charge is 0.387 e. The number of aliphatic hydroxyl groups is 1. The summed E-state index contributed by atoms with van der Waals surface area (Å²) in [6.45, 7) is 3.06. The van der Waals surface area contributed by atoms with Crippen LogP contribution in [0.1, 0.15) is 22.9 Å². The maximum Gasteiger partial charge on any atom is 0.263 e. The highest BCUT2D eigenvalue weighted by atomic mass is 16.5. The smallest absolute Gasteiger partial charge is 0.263 e. The van der Waals surface area contributed by atoms with Crippen LogP contribution in [-0.4, -0.2) is 26.8 Å². The molecular formula is C15H14N4O2. The van der Waals surface area contributed by atoms with E-state index in [1.165, 1.54) is 6.33 Å². The number of β-amino-alcohol motifs (C(OH)–C–C–N with tert-alkyl or cyclic N) is 1. The van der Waals surface area contributed by atoms with Crippen LogP contribution in [0.4, 0.5) is 5.82 Å². The van der Waals surface area contributed by atoms with Gasteiger partial charge in [0.2, 0.25) is 0 Å². The van der Waals surface area contributed by atoms with Gasteiger partial charge >= 0.3 is 0 Å². The third-order valence-electron chi connectivity index (χ3n) is 3.89. The number of aliphatic hydroxyl groups excluding tert-OH is 1. The van der Waals surface area contributed by atoms with Gasteiger partial charge in [0, 0.05) is 13.1 Å². The summed E-state index contributed by atoms with van der Waals surface area (Å²) in [7, 11) is 0. The van der Waals surface area contributed by atoms with E-state index in [9.17, 15) is 5.11 Å². The SMILES string of the molecule is Cc1noc2ncnc(N3Cc4ccccc4[C@H](O)C3)c12. The molecule has 0 radical (unpaired) electrons. The Morgan fingerprint density at radius 1 is 1.29 bits per heavy atom. The van der Waals surface area contributed by atoms with Crippen LogP contribution in [0.25, 0.3) is 11.1 Å². The van der Waals surface area contributed by atoms with Gasteiger partial charge in [0.1, 0.15) is 17.5 Å². The van der Waals surface area contributed by atoms with Crippen molar-refractivity contribution in [2.24, 2.45) is 0 Å². The highest BCUT2D eigenvalue weighted by Crippen LogP contribution is 2.33. The van der Waals surface area contributed by atoms with E-state index in [2.05, 4.69) is 15.1 Å². The fraction of sp³-hybridized carbons (Fsp3) is 0.267. The van der Waals surface area contributed by atoms with E-state index in [1.54, 1.807) is 0 Å². The summed E-state index contributed by atoms with van der Waals surface area (Å²) in [4.78, 5) is 10.5. The second-order valence-corrected chi connectivity index (χ2v) is 5.24. The molecule has 0 saturated heterocycles. The van der Waals surface area contributed by atoms with Crippen molar-refractivity contribution in [3.63, 3.8) is 0 Å². The molecule has 1 aromatic carbocycles. The molecule has 1 aliphatic rings. The van der Waals surface area contributed by atoms with E-state index in [-0.39, 0.29) is 0 Å². The van der Waals surface area contributed by atoms with E-state index < -0.39 is 6.10 Å². The average molecular weight is 282 g/mol. The first-order chi connectivity index (χ1) is 10.2. The van der Waals surface area contributed by atoms with Crippen molar-refractivity contribution in [2.45, 2.75) is 19.6 Å². The summed E-state index contributed by atoms with van der Waals surface area (Å²) in [6, 6.07) is 7.93. The van der Waals surface area contributed by atoms with Crippen LogP contribution >= 0.6 is 0 Å². The maximum absolute atomic E-state index is 10.4. The van der Waals surface area contributed by atoms with Gasteiger partial charge in [-0.15, -0.1) is 0 Å². The number of hydrogen-bond acceptors (Lipinski definition) is 6. The molecule has 0 unspecified atom stereocenters. The lowest BCUT2D eigenvalue weighted by atomic mass is 9.97. The van der Waals surface area contributed by atoms with Crippen molar-refractivity contribution < 1.29 is 9.63 Å². The first kappa shape index (κ1) is 12.3. The Balaban J connectivity index is 1.82. The molecule has 1 aliphatic heterocycles. The number of benzene rings is 1. The van der Waals surface area contributed by atoms with Crippen LogP contribution in [0.5, 0.6) is 0 Å². The molecule has 6 heteroatoms. The monoisotopic (exact) mass is 282 g/mol. The number of nitrogens with zero attached hydrogens (tertiary/aromatic N) is 4. The topological polar surface area (TPSA) is 75.3 Å². The van der Waals surface area contributed by atoms with Gasteiger partial charge in [-0.1, -0.05) is 29.4 Å². The van der Waals surface area contributed by atoms with Gasteiger partial charge in [0.15, 0.2) is 0 Å². The zero-order valence-electron chi connectivity index (χ0n) is 11.5. The van der Waals surface area contributed by atoms with Gasteiger partial charge in [0.25, 0.3) is 5.71 Å². The van der Waals surface area contributed by atoms with E-state index >= 15 is 0 Å². The third-order valence-corrected chi connectivity index (χ3v) is 3.89. The van der Waals surface area contributed by atoms with Crippen LogP contribution in [-0.2, 0) is 6.54 Å². The molecular weight excluding hydrogens is 268 g/mol. The summed E-state index contributed by atoms with van der Waals surface area (Å²) in [6.07, 6.45) is 0.940. The van der Waals surface area contributed by atoms with Gasteiger partial charge in [-0.05, 0) is 18.1 Å². The molecule has 3 heterocycles. The minimum absolute atomic E-state index is 0.478. The fourth-order valence-corrected chi connectivity index (χ4v) is 2.89. The molecule has 106 valence electrons. The van der Waals surface area contributed by atoms with Crippen LogP contribution in [0.15, 0.2) is 35.1 Å². The highest BCUT2D eigenvalue weighted by molar-refractivity contribution is 5.88. The lowest BCUT2D eigenvalue weighted by Gasteiger charge is -2.33. The van der Waals surface area contributed by atoms with Crippen molar-refractivity contribution >= 4 is 16.9 Å². The fourth-order valence-electron chi connectivity index (χ4n) is 2.89. The molecule has 4 rings (SSSR count). The molecule has 1 atom stereocenters. The molecule has 0 amide bonds. The number of anilines is 1. The van der Waals surface area contributed by atoms with Gasteiger partial charge in [0.05, 0.1) is 11.8 Å². The minimum Gasteiger partial charge on any atom is -0.387 e. The van der Waals surface area contributed by atoms with Crippen molar-refractivity contribution in [3.8, 4) is 0 Å². The minimum atomic E-state index is -0.528. The molecule has 0 spiro atoms. The number of fused-ring (bicyclic) bond motifs is 2. The number of rotatable bonds is 1. The van der Waals surface area contributed by atoms with Gasteiger partial charge < -0.3 is 14.5 Å². The quantitative estimate of drug-likeness (QED) is 0.735. The molecule has 6 nitrogen and oxygen atoms in total. The molecule has 0 saturated carbocycles. The third kappa shape index (κ3) is 1.87. The molecule has 0 fully saturated rings. The lowest BCUT2D eigenvalue weighted by Crippen LogP contribution is -2.34. The summed E-state index contributed by atoms with van der Waals surface area (Å²) in [5.41, 5.74) is 3.33. The van der Waals surface area contributed by atoms with Crippen molar-refractivity contribution in [1.82, 2.24) is 15.1 Å². The van der Waals surface area contributed by atoms with Crippen LogP contribution in [0.3, 0.4) is 0 Å². The van der Waals surface area contributed by atoms with E-state index in [4.69, 9.17) is 4.52 Å². The van der Waals surface area contributed by atoms with Crippen molar-refractivity contribution in [3.05, 3.63) is 47.4 Å². The summed E-state index contributed by atoms with van der Waals surface area (Å²) < 4.78 is 5.19. The summed E-state index contributed by atoms with van der Waals surface area (Å²) in [5, 5.41) is 15.1. The van der Waals surface area contributed by atoms with E-state index in [1.807, 2.05) is 36.1 Å². The van der Waals surface area contributed by atoms with Crippen molar-refractivity contribution in [1.29, 1.82) is 0 Å². The number of aromatic nitrogens is 3. The number of aryl methyl sites for hydroxylation is 1. The molecule has 3 aromatic rings. The first-order valence-electron chi connectivity index (χ1n) is 6.82. The van der Waals surface area contributed by atoms with Crippen molar-refractivity contribution in [2.75, 3.05) is 11.4 Å². The second kappa shape index (κ2) is 4.53. The zero-order chi connectivity index (χ0) is 14.4. The first-order valence-corrected chi connectivity index (χ1v) is 6.82. The predicted octanol–water partition coefficient (Wildman–Crippen LogP) is 1.98. The van der Waals surface area contributed by atoms with Crippen LogP contribution in [0.2, 0.25) is 0 Å². The van der Waals surface area contributed by atoms with Gasteiger partial charge in [-0.25, -0.2) is 4.98 Å². The van der Waals surface area contributed by atoms with E-state index in [0.717, 1.165) is 28.0 Å². The number of hydrogen-bond donors (Lipinski definition) is 1. The Bertz CT molecular complexity index is 814. The van der Waals surface area contributed by atoms with Crippen LogP contribution in [0, 0.1) is 6.92 Å². The Morgan fingerprint density at radius 2 is 2.14 bits per heavy atom. The predicted molar refractivity (Wildman–Crippen MR) is 76.8 cm³/mol. The lowest BCUT2D eigenvalue weighted by molar-refractivity contribution is 0.175. The zero-order valence-corrected chi connectivity index (χ0v) is 11.5. The summed E-state index contributed by atoms with van der Waals surface area (Å²) >= 11 is 0. The standard InChI is InChI=1S/C15H14N4O2/c1-9-13-14(16-8-17-15(13)21-18-9)19-6-10-4-2-3-5-11(10)12(20)7-19/h2-5,8,12,20H,6-7H2,1H3/t12-/m1/s1. The molecule has 1 N–H and O–H groups in total. The Kier molecular flexibility index (Phi) is 2.65. The molecule has 21 heavy (non-hydrogen) atoms. The molecule has 0 bridgehead atoms. The van der Waals surface area contributed by atoms with Gasteiger partial charge in [-0.3, -0.25) is 0 Å². The molecule has 0 aliphatic carbocycles. The maximum atomic E-state index is 10.4. The highest BCUT2D eigenvalue weighted by Gasteiger charge is 2.26. The Hall–Kier alpha value is -2.47. The Morgan fingerprint density at radius 3 is 3.05 bits per heavy atom. The second-order valence-electron chi connectivity index (χ2n) is 5.24. The van der Waals surface area contributed by atoms with E-state index in [0.29, 0.717) is 18.8 Å². The molecule has 2 aromatic heterocycles. The Labute approximate surface area is 121 Å².